The van der Waals surface area contributed by atoms with Gasteiger partial charge in [-0.3, -0.25) is 14.4 Å². The molecule has 8 heteroatoms. The lowest BCUT2D eigenvalue weighted by atomic mass is 9.65. The predicted molar refractivity (Wildman–Crippen MR) is 148 cm³/mol. The number of nitrogens with zero attached hydrogens (tertiary/aromatic N) is 3. The van der Waals surface area contributed by atoms with Crippen molar-refractivity contribution in [2.45, 2.75) is 62.2 Å². The van der Waals surface area contributed by atoms with Gasteiger partial charge < -0.3 is 19.8 Å². The summed E-state index contributed by atoms with van der Waals surface area (Å²) >= 11 is 1.65. The maximum Gasteiger partial charge on any atom is 0.247 e. The Morgan fingerprint density at radius 1 is 1.16 bits per heavy atom. The summed E-state index contributed by atoms with van der Waals surface area (Å²) in [6.45, 7) is 15.9. The van der Waals surface area contributed by atoms with Crippen LogP contribution < -0.4 is 4.90 Å². The second-order valence-corrected chi connectivity index (χ2v) is 12.3. The second kappa shape index (κ2) is 10.7. The van der Waals surface area contributed by atoms with Crippen LogP contribution in [0.4, 0.5) is 5.69 Å². The number of rotatable bonds is 10. The fourth-order valence-electron chi connectivity index (χ4n) is 6.67. The molecule has 3 heterocycles. The van der Waals surface area contributed by atoms with Crippen molar-refractivity contribution in [2.75, 3.05) is 24.6 Å². The van der Waals surface area contributed by atoms with Crippen LogP contribution >= 0.6 is 11.8 Å². The standard InChI is InChI=1S/C29H39N3O4S/c1-7-14-30(18(3)4)28(36)25-29-19(5)16-22(37-29)23(24(29)27(35)32(25)20(6)17-33)26(34)31(15-8-2)21-12-10-9-11-13-21/h7-13,18-20,22-25,33H,1-2,14-17H2,3-6H3/t19?,20-,22+,23-,24+,25?,29?/m1/s1. The van der Waals surface area contributed by atoms with Gasteiger partial charge in [-0.1, -0.05) is 37.3 Å². The largest absolute Gasteiger partial charge is 0.394 e. The first-order valence-electron chi connectivity index (χ1n) is 13.1. The molecule has 7 atom stereocenters. The van der Waals surface area contributed by atoms with Crippen molar-refractivity contribution in [3.8, 4) is 0 Å². The van der Waals surface area contributed by atoms with E-state index in [9.17, 15) is 19.5 Å². The van der Waals surface area contributed by atoms with Gasteiger partial charge in [-0.25, -0.2) is 0 Å². The molecule has 37 heavy (non-hydrogen) atoms. The lowest BCUT2D eigenvalue weighted by molar-refractivity contribution is -0.146. The number of carbonyl (C=O) groups excluding carboxylic acids is 3. The van der Waals surface area contributed by atoms with Crippen LogP contribution in [0.15, 0.2) is 55.6 Å². The van der Waals surface area contributed by atoms with E-state index in [2.05, 4.69) is 20.1 Å². The summed E-state index contributed by atoms with van der Waals surface area (Å²) in [5.41, 5.74) is 0.762. The van der Waals surface area contributed by atoms with Gasteiger partial charge in [0.2, 0.25) is 17.7 Å². The minimum atomic E-state index is -0.748. The van der Waals surface area contributed by atoms with Crippen LogP contribution in [0.1, 0.15) is 34.1 Å². The van der Waals surface area contributed by atoms with Gasteiger partial charge in [-0.05, 0) is 45.2 Å². The Morgan fingerprint density at radius 2 is 1.81 bits per heavy atom. The number of thioether (sulfide) groups is 1. The number of para-hydroxylation sites is 1. The highest BCUT2D eigenvalue weighted by atomic mass is 32.2. The molecule has 200 valence electrons. The third-order valence-electron chi connectivity index (χ3n) is 8.32. The summed E-state index contributed by atoms with van der Waals surface area (Å²) in [4.78, 5) is 47.7. The van der Waals surface area contributed by atoms with E-state index in [1.54, 1.807) is 45.5 Å². The monoisotopic (exact) mass is 525 g/mol. The normalized spacial score (nSPS) is 30.8. The number of hydrogen-bond acceptors (Lipinski definition) is 5. The zero-order valence-corrected chi connectivity index (χ0v) is 23.1. The Labute approximate surface area is 224 Å². The third-order valence-corrected chi connectivity index (χ3v) is 10.4. The maximum absolute atomic E-state index is 14.2. The van der Waals surface area contributed by atoms with Crippen molar-refractivity contribution >= 4 is 35.2 Å². The van der Waals surface area contributed by atoms with E-state index in [0.717, 1.165) is 12.1 Å². The summed E-state index contributed by atoms with van der Waals surface area (Å²) in [6.07, 6.45) is 4.16. The van der Waals surface area contributed by atoms with Crippen molar-refractivity contribution in [2.24, 2.45) is 17.8 Å². The Balaban J connectivity index is 1.81. The summed E-state index contributed by atoms with van der Waals surface area (Å²) in [5.74, 6) is -1.55. The fourth-order valence-corrected chi connectivity index (χ4v) is 9.07. The number of fused-ring (bicyclic) bond motifs is 1. The minimum Gasteiger partial charge on any atom is -0.394 e. The lowest BCUT2D eigenvalue weighted by Crippen LogP contribution is -2.60. The first-order chi connectivity index (χ1) is 17.6. The second-order valence-electron chi connectivity index (χ2n) is 10.8. The molecule has 2 bridgehead atoms. The number of aliphatic hydroxyl groups is 1. The van der Waals surface area contributed by atoms with Crippen molar-refractivity contribution in [1.29, 1.82) is 0 Å². The molecule has 3 aliphatic heterocycles. The minimum absolute atomic E-state index is 0.0544. The van der Waals surface area contributed by atoms with Crippen LogP contribution in [0.3, 0.4) is 0 Å². The van der Waals surface area contributed by atoms with Gasteiger partial charge in [0.05, 0.1) is 29.2 Å². The molecule has 7 nitrogen and oxygen atoms in total. The number of carbonyl (C=O) groups is 3. The Kier molecular flexibility index (Phi) is 7.91. The van der Waals surface area contributed by atoms with Crippen LogP contribution in [0.25, 0.3) is 0 Å². The molecule has 0 saturated carbocycles. The van der Waals surface area contributed by atoms with E-state index in [1.165, 1.54) is 0 Å². The molecule has 0 aliphatic carbocycles. The summed E-state index contributed by atoms with van der Waals surface area (Å²) in [7, 11) is 0. The van der Waals surface area contributed by atoms with Crippen LogP contribution in [0.5, 0.6) is 0 Å². The van der Waals surface area contributed by atoms with Crippen molar-refractivity contribution in [3.63, 3.8) is 0 Å². The quantitative estimate of drug-likeness (QED) is 0.474. The maximum atomic E-state index is 14.2. The summed E-state index contributed by atoms with van der Waals surface area (Å²) < 4.78 is -0.729. The molecule has 0 radical (unpaired) electrons. The van der Waals surface area contributed by atoms with Gasteiger partial charge in [0.1, 0.15) is 6.04 Å². The topological polar surface area (TPSA) is 81.2 Å². The van der Waals surface area contributed by atoms with Crippen LogP contribution in [0.2, 0.25) is 0 Å². The smallest absolute Gasteiger partial charge is 0.247 e. The van der Waals surface area contributed by atoms with Gasteiger partial charge in [-0.2, -0.15) is 0 Å². The van der Waals surface area contributed by atoms with E-state index in [0.29, 0.717) is 13.1 Å². The first kappa shape index (κ1) is 27.5. The molecule has 1 aromatic carbocycles. The highest BCUT2D eigenvalue weighted by Gasteiger charge is 2.76. The Morgan fingerprint density at radius 3 is 2.38 bits per heavy atom. The van der Waals surface area contributed by atoms with Gasteiger partial charge in [0.15, 0.2) is 0 Å². The van der Waals surface area contributed by atoms with Gasteiger partial charge in [0, 0.05) is 30.1 Å². The zero-order valence-electron chi connectivity index (χ0n) is 22.2. The average molecular weight is 526 g/mol. The Hall–Kier alpha value is -2.58. The average Bonchev–Trinajstić information content (AvgIpc) is 3.48. The first-order valence-corrected chi connectivity index (χ1v) is 14.0. The molecule has 3 saturated heterocycles. The molecule has 3 fully saturated rings. The molecule has 3 unspecified atom stereocenters. The zero-order chi connectivity index (χ0) is 27.1. The SMILES string of the molecule is C=CCN(C(=O)[C@@H]1[C@@H]2CC(C)C3(S2)C(C(=O)N(CC=C)C(C)C)N([C@H](C)CO)C(=O)[C@H]13)c1ccccc1. The van der Waals surface area contributed by atoms with E-state index >= 15 is 0 Å². The summed E-state index contributed by atoms with van der Waals surface area (Å²) in [6, 6.07) is 8.08. The lowest BCUT2D eigenvalue weighted by Gasteiger charge is -2.42. The number of likely N-dealkylation sites (tertiary alicyclic amines) is 1. The number of hydrogen-bond donors (Lipinski definition) is 1. The highest BCUT2D eigenvalue weighted by Crippen LogP contribution is 2.69. The molecule has 3 aliphatic rings. The van der Waals surface area contributed by atoms with Crippen molar-refractivity contribution in [1.82, 2.24) is 9.80 Å². The molecule has 0 aromatic heterocycles. The molecular formula is C29H39N3O4S. The Bertz CT molecular complexity index is 1060. The predicted octanol–water partition coefficient (Wildman–Crippen LogP) is 3.35. The molecule has 1 aromatic rings. The molecule has 4 rings (SSSR count). The van der Waals surface area contributed by atoms with Crippen molar-refractivity contribution in [3.05, 3.63) is 55.6 Å². The molecule has 3 amide bonds. The van der Waals surface area contributed by atoms with Gasteiger partial charge in [-0.15, -0.1) is 24.9 Å². The number of aliphatic hydroxyl groups excluding tert-OH is 1. The summed E-state index contributed by atoms with van der Waals surface area (Å²) in [5, 5.41) is 10.1. The highest BCUT2D eigenvalue weighted by molar-refractivity contribution is 8.02. The van der Waals surface area contributed by atoms with Gasteiger partial charge in [0.25, 0.3) is 0 Å². The molecule has 1 spiro atoms. The van der Waals surface area contributed by atoms with Crippen LogP contribution in [-0.4, -0.2) is 80.4 Å². The van der Waals surface area contributed by atoms with Gasteiger partial charge >= 0.3 is 0 Å². The molecular weight excluding hydrogens is 486 g/mol. The number of anilines is 1. The van der Waals surface area contributed by atoms with E-state index in [1.807, 2.05) is 44.2 Å². The van der Waals surface area contributed by atoms with E-state index in [-0.39, 0.29) is 41.5 Å². The third kappa shape index (κ3) is 4.22. The number of amides is 3. The number of benzene rings is 1. The van der Waals surface area contributed by atoms with Crippen molar-refractivity contribution < 1.29 is 19.5 Å². The molecule has 1 N–H and O–H groups in total. The van der Waals surface area contributed by atoms with E-state index in [4.69, 9.17) is 0 Å². The van der Waals surface area contributed by atoms with Crippen LogP contribution in [-0.2, 0) is 14.4 Å². The van der Waals surface area contributed by atoms with Crippen LogP contribution in [0, 0.1) is 17.8 Å². The van der Waals surface area contributed by atoms with E-state index < -0.39 is 28.7 Å². The fraction of sp³-hybridized carbons (Fsp3) is 0.552.